The third kappa shape index (κ3) is 3.80. The van der Waals surface area contributed by atoms with Crippen LogP contribution in [0, 0.1) is 0 Å². The molecule has 0 aliphatic carbocycles. The highest BCUT2D eigenvalue weighted by molar-refractivity contribution is 7.12. The lowest BCUT2D eigenvalue weighted by Gasteiger charge is -2.10. The van der Waals surface area contributed by atoms with Gasteiger partial charge >= 0.3 is 12.1 Å². The summed E-state index contributed by atoms with van der Waals surface area (Å²) in [5.74, 6) is -0.484. The summed E-state index contributed by atoms with van der Waals surface area (Å²) in [6.07, 6.45) is -3.96. The van der Waals surface area contributed by atoms with E-state index in [-0.39, 0.29) is 11.7 Å². The van der Waals surface area contributed by atoms with Crippen molar-refractivity contribution in [3.05, 3.63) is 47.1 Å². The zero-order valence-corrected chi connectivity index (χ0v) is 15.1. The number of nitrogens with zero attached hydrogens (tertiary/aromatic N) is 3. The average Bonchev–Trinajstić information content (AvgIpc) is 3.28. The highest BCUT2D eigenvalue weighted by atomic mass is 32.1. The molecule has 0 bridgehead atoms. The molecule has 0 amide bonds. The molecule has 0 radical (unpaired) electrons. The van der Waals surface area contributed by atoms with Crippen molar-refractivity contribution in [3.8, 4) is 22.1 Å². The molecule has 0 aliphatic heterocycles. The van der Waals surface area contributed by atoms with E-state index >= 15 is 0 Å². The van der Waals surface area contributed by atoms with E-state index in [0.29, 0.717) is 21.7 Å². The Kier molecular flexibility index (Phi) is 5.17. The SMILES string of the molecule is CCOC(=O)c1cnn(-c2nc(-c3cccc(OC)c3)cs2)c1C(F)(F)F. The Morgan fingerprint density at radius 3 is 2.78 bits per heavy atom. The summed E-state index contributed by atoms with van der Waals surface area (Å²) in [6.45, 7) is 1.47. The van der Waals surface area contributed by atoms with Crippen molar-refractivity contribution < 1.29 is 27.4 Å². The van der Waals surface area contributed by atoms with Crippen molar-refractivity contribution in [2.45, 2.75) is 13.1 Å². The molecule has 6 nitrogen and oxygen atoms in total. The smallest absolute Gasteiger partial charge is 0.434 e. The van der Waals surface area contributed by atoms with E-state index in [0.717, 1.165) is 17.5 Å². The Balaban J connectivity index is 2.05. The first-order chi connectivity index (χ1) is 12.8. The first-order valence-corrected chi connectivity index (χ1v) is 8.65. The van der Waals surface area contributed by atoms with Gasteiger partial charge in [0, 0.05) is 10.9 Å². The third-order valence-electron chi connectivity index (χ3n) is 3.57. The molecule has 0 N–H and O–H groups in total. The molecule has 142 valence electrons. The molecule has 0 unspecified atom stereocenters. The molecular formula is C17H14F3N3O3S. The average molecular weight is 397 g/mol. The molecule has 2 aromatic heterocycles. The van der Waals surface area contributed by atoms with Gasteiger partial charge in [-0.2, -0.15) is 18.3 Å². The van der Waals surface area contributed by atoms with E-state index in [1.165, 1.54) is 14.0 Å². The minimum atomic E-state index is -4.81. The van der Waals surface area contributed by atoms with Gasteiger partial charge in [0.05, 0.1) is 25.6 Å². The summed E-state index contributed by atoms with van der Waals surface area (Å²) in [7, 11) is 1.52. The van der Waals surface area contributed by atoms with Crippen LogP contribution in [-0.2, 0) is 10.9 Å². The van der Waals surface area contributed by atoms with Gasteiger partial charge in [0.2, 0.25) is 5.13 Å². The van der Waals surface area contributed by atoms with Gasteiger partial charge in [-0.15, -0.1) is 11.3 Å². The standard InChI is InChI=1S/C17H14F3N3O3S/c1-3-26-15(24)12-8-21-23(14(12)17(18,19)20)16-22-13(9-27-16)10-5-4-6-11(7-10)25-2/h4-9H,3H2,1-2H3. The van der Waals surface area contributed by atoms with E-state index in [1.54, 1.807) is 29.6 Å². The fraction of sp³-hybridized carbons (Fsp3) is 0.235. The number of alkyl halides is 3. The van der Waals surface area contributed by atoms with Crippen molar-refractivity contribution >= 4 is 17.3 Å². The Labute approximate surface area is 156 Å². The summed E-state index contributed by atoms with van der Waals surface area (Å²) in [5.41, 5.74) is -0.714. The number of carbonyl (C=O) groups excluding carboxylic acids is 1. The second-order valence-corrected chi connectivity index (χ2v) is 6.12. The molecule has 3 aromatic rings. The van der Waals surface area contributed by atoms with Crippen molar-refractivity contribution in [3.63, 3.8) is 0 Å². The minimum absolute atomic E-state index is 0.0179. The number of hydrogen-bond acceptors (Lipinski definition) is 6. The second-order valence-electron chi connectivity index (χ2n) is 5.28. The number of carbonyl (C=O) groups is 1. The number of thiazole rings is 1. The minimum Gasteiger partial charge on any atom is -0.497 e. The quantitative estimate of drug-likeness (QED) is 0.604. The first-order valence-electron chi connectivity index (χ1n) is 7.77. The summed E-state index contributed by atoms with van der Waals surface area (Å²) in [4.78, 5) is 16.1. The van der Waals surface area contributed by atoms with Gasteiger partial charge in [-0.1, -0.05) is 12.1 Å². The number of ether oxygens (including phenoxy) is 2. The number of hydrogen-bond donors (Lipinski definition) is 0. The second kappa shape index (κ2) is 7.39. The highest BCUT2D eigenvalue weighted by Crippen LogP contribution is 2.35. The Hall–Kier alpha value is -2.88. The van der Waals surface area contributed by atoms with E-state index in [1.807, 2.05) is 0 Å². The van der Waals surface area contributed by atoms with Crippen LogP contribution in [0.1, 0.15) is 23.0 Å². The van der Waals surface area contributed by atoms with Crippen molar-refractivity contribution in [1.82, 2.24) is 14.8 Å². The lowest BCUT2D eigenvalue weighted by Crippen LogP contribution is -2.18. The van der Waals surface area contributed by atoms with Crippen LogP contribution >= 0.6 is 11.3 Å². The van der Waals surface area contributed by atoms with E-state index in [9.17, 15) is 18.0 Å². The van der Waals surface area contributed by atoms with Gasteiger partial charge in [0.25, 0.3) is 0 Å². The van der Waals surface area contributed by atoms with Gasteiger partial charge < -0.3 is 9.47 Å². The number of benzene rings is 1. The van der Waals surface area contributed by atoms with Crippen molar-refractivity contribution in [1.29, 1.82) is 0 Å². The maximum atomic E-state index is 13.5. The Morgan fingerprint density at radius 2 is 2.11 bits per heavy atom. The molecule has 0 saturated carbocycles. The number of esters is 1. The topological polar surface area (TPSA) is 66.2 Å². The Bertz CT molecular complexity index is 966. The molecule has 0 saturated heterocycles. The van der Waals surface area contributed by atoms with Gasteiger partial charge in [0.1, 0.15) is 11.3 Å². The summed E-state index contributed by atoms with van der Waals surface area (Å²) >= 11 is 0.976. The molecule has 0 aliphatic rings. The molecule has 27 heavy (non-hydrogen) atoms. The zero-order chi connectivity index (χ0) is 19.6. The fourth-order valence-electron chi connectivity index (χ4n) is 2.40. The van der Waals surface area contributed by atoms with Crippen LogP contribution in [0.2, 0.25) is 0 Å². The predicted molar refractivity (Wildman–Crippen MR) is 92.2 cm³/mol. The van der Waals surface area contributed by atoms with Crippen LogP contribution in [0.15, 0.2) is 35.8 Å². The van der Waals surface area contributed by atoms with Gasteiger partial charge in [-0.3, -0.25) is 0 Å². The highest BCUT2D eigenvalue weighted by Gasteiger charge is 2.41. The largest absolute Gasteiger partial charge is 0.497 e. The monoisotopic (exact) mass is 397 g/mol. The van der Waals surface area contributed by atoms with E-state index < -0.39 is 23.4 Å². The van der Waals surface area contributed by atoms with Gasteiger partial charge in [-0.25, -0.2) is 14.5 Å². The predicted octanol–water partition coefficient (Wildman–Crippen LogP) is 4.20. The third-order valence-corrected chi connectivity index (χ3v) is 4.39. The number of aromatic nitrogens is 3. The number of halogens is 3. The fourth-order valence-corrected chi connectivity index (χ4v) is 3.20. The molecule has 1 aromatic carbocycles. The maximum Gasteiger partial charge on any atom is 0.434 e. The van der Waals surface area contributed by atoms with Crippen LogP contribution in [0.3, 0.4) is 0 Å². The molecule has 0 spiro atoms. The molecular weight excluding hydrogens is 383 g/mol. The summed E-state index contributed by atoms with van der Waals surface area (Å²) < 4.78 is 51.1. The van der Waals surface area contributed by atoms with Crippen molar-refractivity contribution in [2.24, 2.45) is 0 Å². The van der Waals surface area contributed by atoms with E-state index in [2.05, 4.69) is 14.8 Å². The summed E-state index contributed by atoms with van der Waals surface area (Å²) in [5, 5.41) is 5.31. The van der Waals surface area contributed by atoms with E-state index in [4.69, 9.17) is 4.74 Å². The summed E-state index contributed by atoms with van der Waals surface area (Å²) in [6, 6.07) is 6.98. The van der Waals surface area contributed by atoms with Gasteiger partial charge in [-0.05, 0) is 19.1 Å². The normalized spacial score (nSPS) is 11.4. The first kappa shape index (κ1) is 18.9. The van der Waals surface area contributed by atoms with Gasteiger partial charge in [0.15, 0.2) is 5.69 Å². The van der Waals surface area contributed by atoms with Crippen LogP contribution in [-0.4, -0.2) is 34.5 Å². The lowest BCUT2D eigenvalue weighted by molar-refractivity contribution is -0.143. The maximum absolute atomic E-state index is 13.5. The number of methoxy groups -OCH3 is 1. The number of rotatable bonds is 5. The Morgan fingerprint density at radius 1 is 1.33 bits per heavy atom. The molecule has 0 fully saturated rings. The zero-order valence-electron chi connectivity index (χ0n) is 14.3. The van der Waals surface area contributed by atoms with Crippen molar-refractivity contribution in [2.75, 3.05) is 13.7 Å². The van der Waals surface area contributed by atoms with Crippen LogP contribution in [0.25, 0.3) is 16.4 Å². The van der Waals surface area contributed by atoms with Crippen LogP contribution in [0.5, 0.6) is 5.75 Å². The lowest BCUT2D eigenvalue weighted by atomic mass is 10.2. The van der Waals surface area contributed by atoms with Crippen LogP contribution in [0.4, 0.5) is 13.2 Å². The molecule has 10 heteroatoms. The molecule has 3 rings (SSSR count). The molecule has 2 heterocycles. The van der Waals surface area contributed by atoms with Crippen LogP contribution < -0.4 is 4.74 Å². The molecule has 0 atom stereocenters.